The number of rotatable bonds is 11. The van der Waals surface area contributed by atoms with Crippen molar-refractivity contribution in [2.45, 2.75) is 18.4 Å². The lowest BCUT2D eigenvalue weighted by Gasteiger charge is -2.24. The van der Waals surface area contributed by atoms with Gasteiger partial charge in [0.2, 0.25) is 0 Å². The first kappa shape index (κ1) is 25.7. The Morgan fingerprint density at radius 2 is 1.48 bits per heavy atom. The number of ether oxygens (including phenoxy) is 1. The highest BCUT2D eigenvalue weighted by Crippen LogP contribution is 2.29. The standard InChI is InChI=1S/C35H34N4O/c1-40-34-21-35(39-32-19-11-9-17-29(32)34)38-23-27(26-14-6-3-7-15-26)22-36-33(20-25-12-4-2-5-13-25)30-24-37-31-18-10-8-16-28(30)31/h2-19,21,24,27,33,36-37H,20,22-23H2,1H3,(H,38,39). The lowest BCUT2D eigenvalue weighted by Crippen LogP contribution is -2.31. The monoisotopic (exact) mass is 526 g/mol. The van der Waals surface area contributed by atoms with Gasteiger partial charge in [0.15, 0.2) is 0 Å². The lowest BCUT2D eigenvalue weighted by atomic mass is 9.95. The van der Waals surface area contributed by atoms with Gasteiger partial charge < -0.3 is 20.4 Å². The molecule has 0 aliphatic rings. The van der Waals surface area contributed by atoms with Gasteiger partial charge in [-0.2, -0.15) is 0 Å². The van der Waals surface area contributed by atoms with Crippen LogP contribution >= 0.6 is 0 Å². The van der Waals surface area contributed by atoms with Crippen molar-refractivity contribution in [1.29, 1.82) is 0 Å². The first-order valence-corrected chi connectivity index (χ1v) is 13.8. The van der Waals surface area contributed by atoms with E-state index in [1.807, 2.05) is 30.3 Å². The molecule has 2 heterocycles. The van der Waals surface area contributed by atoms with Gasteiger partial charge in [0.1, 0.15) is 11.6 Å². The first-order chi connectivity index (χ1) is 19.8. The average molecular weight is 527 g/mol. The number of nitrogens with one attached hydrogen (secondary N) is 3. The Hall–Kier alpha value is -4.61. The summed E-state index contributed by atoms with van der Waals surface area (Å²) in [6.45, 7) is 1.54. The van der Waals surface area contributed by atoms with Crippen molar-refractivity contribution in [2.75, 3.05) is 25.5 Å². The molecular formula is C35H34N4O. The quantitative estimate of drug-likeness (QED) is 0.164. The number of H-pyrrole nitrogens is 1. The van der Waals surface area contributed by atoms with E-state index in [-0.39, 0.29) is 12.0 Å². The minimum absolute atomic E-state index is 0.156. The number of hydrogen-bond acceptors (Lipinski definition) is 4. The summed E-state index contributed by atoms with van der Waals surface area (Å²) in [5, 5.41) is 9.83. The summed E-state index contributed by atoms with van der Waals surface area (Å²) in [6.07, 6.45) is 3.06. The fourth-order valence-corrected chi connectivity index (χ4v) is 5.47. The number of nitrogens with zero attached hydrogens (tertiary/aromatic N) is 1. The third kappa shape index (κ3) is 5.70. The second kappa shape index (κ2) is 12.1. The van der Waals surface area contributed by atoms with Crippen LogP contribution in [-0.4, -0.2) is 30.2 Å². The fourth-order valence-electron chi connectivity index (χ4n) is 5.47. The molecule has 0 radical (unpaired) electrons. The molecule has 0 bridgehead atoms. The predicted octanol–water partition coefficient (Wildman–Crippen LogP) is 7.49. The Morgan fingerprint density at radius 3 is 2.27 bits per heavy atom. The van der Waals surface area contributed by atoms with Crippen molar-refractivity contribution in [3.8, 4) is 5.75 Å². The van der Waals surface area contributed by atoms with Crippen LogP contribution in [0.5, 0.6) is 5.75 Å². The number of methoxy groups -OCH3 is 1. The van der Waals surface area contributed by atoms with E-state index in [0.717, 1.165) is 47.5 Å². The number of pyridine rings is 1. The average Bonchev–Trinajstić information content (AvgIpc) is 3.45. The zero-order valence-corrected chi connectivity index (χ0v) is 22.7. The first-order valence-electron chi connectivity index (χ1n) is 13.8. The van der Waals surface area contributed by atoms with E-state index in [4.69, 9.17) is 9.72 Å². The summed E-state index contributed by atoms with van der Waals surface area (Å²) in [5.41, 5.74) is 5.97. The summed E-state index contributed by atoms with van der Waals surface area (Å²) in [6, 6.07) is 40.2. The van der Waals surface area contributed by atoms with Crippen molar-refractivity contribution in [3.05, 3.63) is 138 Å². The number of para-hydroxylation sites is 2. The van der Waals surface area contributed by atoms with Crippen LogP contribution in [0.15, 0.2) is 121 Å². The molecule has 0 fully saturated rings. The maximum atomic E-state index is 5.68. The molecule has 0 aliphatic heterocycles. The van der Waals surface area contributed by atoms with E-state index in [1.165, 1.54) is 22.1 Å². The van der Waals surface area contributed by atoms with Crippen LogP contribution in [-0.2, 0) is 6.42 Å². The second-order valence-corrected chi connectivity index (χ2v) is 10.2. The number of fused-ring (bicyclic) bond motifs is 2. The summed E-state index contributed by atoms with van der Waals surface area (Å²) in [5.74, 6) is 1.86. The minimum Gasteiger partial charge on any atom is -0.496 e. The molecule has 3 N–H and O–H groups in total. The number of aromatic amines is 1. The van der Waals surface area contributed by atoms with E-state index < -0.39 is 0 Å². The SMILES string of the molecule is COc1cc(NCC(CNC(Cc2ccccc2)c2c[nH]c3ccccc23)c2ccccc2)nc2ccccc12. The Balaban J connectivity index is 1.26. The van der Waals surface area contributed by atoms with Crippen molar-refractivity contribution in [1.82, 2.24) is 15.3 Å². The molecule has 2 aromatic heterocycles. The minimum atomic E-state index is 0.156. The molecule has 0 saturated heterocycles. The molecule has 0 aliphatic carbocycles. The Kier molecular flexibility index (Phi) is 7.73. The van der Waals surface area contributed by atoms with Gasteiger partial charge in [0.25, 0.3) is 0 Å². The highest BCUT2D eigenvalue weighted by molar-refractivity contribution is 5.87. The maximum Gasteiger partial charge on any atom is 0.131 e. The number of anilines is 1. The van der Waals surface area contributed by atoms with Crippen LogP contribution in [0.1, 0.15) is 28.7 Å². The van der Waals surface area contributed by atoms with E-state index in [1.54, 1.807) is 7.11 Å². The number of aromatic nitrogens is 2. The number of hydrogen-bond donors (Lipinski definition) is 3. The maximum absolute atomic E-state index is 5.68. The van der Waals surface area contributed by atoms with Crippen LogP contribution in [0, 0.1) is 0 Å². The zero-order valence-electron chi connectivity index (χ0n) is 22.7. The lowest BCUT2D eigenvalue weighted by molar-refractivity contribution is 0.419. The topological polar surface area (TPSA) is 62.0 Å². The van der Waals surface area contributed by atoms with Crippen LogP contribution in [0.3, 0.4) is 0 Å². The van der Waals surface area contributed by atoms with E-state index in [2.05, 4.69) is 107 Å². The molecule has 5 heteroatoms. The van der Waals surface area contributed by atoms with Gasteiger partial charge in [0, 0.05) is 53.6 Å². The van der Waals surface area contributed by atoms with E-state index in [9.17, 15) is 0 Å². The Labute approximate surface area is 235 Å². The molecule has 5 nitrogen and oxygen atoms in total. The van der Waals surface area contributed by atoms with E-state index >= 15 is 0 Å². The van der Waals surface area contributed by atoms with Crippen molar-refractivity contribution >= 4 is 27.6 Å². The third-order valence-electron chi connectivity index (χ3n) is 7.59. The summed E-state index contributed by atoms with van der Waals surface area (Å²) in [7, 11) is 1.71. The summed E-state index contributed by atoms with van der Waals surface area (Å²) in [4.78, 5) is 8.33. The highest BCUT2D eigenvalue weighted by Gasteiger charge is 2.20. The third-order valence-corrected chi connectivity index (χ3v) is 7.59. The predicted molar refractivity (Wildman–Crippen MR) is 165 cm³/mol. The van der Waals surface area contributed by atoms with Gasteiger partial charge >= 0.3 is 0 Å². The van der Waals surface area contributed by atoms with Crippen LogP contribution in [0.4, 0.5) is 5.82 Å². The molecule has 0 saturated carbocycles. The van der Waals surface area contributed by atoms with Gasteiger partial charge in [0.05, 0.1) is 12.6 Å². The van der Waals surface area contributed by atoms with Crippen LogP contribution in [0.25, 0.3) is 21.8 Å². The molecule has 0 spiro atoms. The molecule has 200 valence electrons. The molecule has 6 aromatic rings. The van der Waals surface area contributed by atoms with Gasteiger partial charge in [-0.3, -0.25) is 0 Å². The van der Waals surface area contributed by atoms with Crippen LogP contribution in [0.2, 0.25) is 0 Å². The normalized spacial score (nSPS) is 12.8. The summed E-state index contributed by atoms with van der Waals surface area (Å²) >= 11 is 0. The smallest absolute Gasteiger partial charge is 0.131 e. The fraction of sp³-hybridized carbons (Fsp3) is 0.171. The molecule has 6 rings (SSSR count). The summed E-state index contributed by atoms with van der Waals surface area (Å²) < 4.78 is 5.68. The van der Waals surface area contributed by atoms with Gasteiger partial charge in [-0.05, 0) is 41.3 Å². The van der Waals surface area contributed by atoms with Crippen molar-refractivity contribution in [3.63, 3.8) is 0 Å². The molecule has 40 heavy (non-hydrogen) atoms. The Bertz CT molecular complexity index is 1680. The number of benzene rings is 4. The molecule has 0 amide bonds. The molecule has 2 unspecified atom stereocenters. The van der Waals surface area contributed by atoms with Crippen LogP contribution < -0.4 is 15.4 Å². The van der Waals surface area contributed by atoms with Crippen molar-refractivity contribution < 1.29 is 4.74 Å². The van der Waals surface area contributed by atoms with Gasteiger partial charge in [-0.15, -0.1) is 0 Å². The molecular weight excluding hydrogens is 492 g/mol. The van der Waals surface area contributed by atoms with E-state index in [0.29, 0.717) is 0 Å². The van der Waals surface area contributed by atoms with Gasteiger partial charge in [-0.25, -0.2) is 4.98 Å². The second-order valence-electron chi connectivity index (χ2n) is 10.2. The largest absolute Gasteiger partial charge is 0.496 e. The van der Waals surface area contributed by atoms with Gasteiger partial charge in [-0.1, -0.05) is 91.0 Å². The van der Waals surface area contributed by atoms with Crippen molar-refractivity contribution in [2.24, 2.45) is 0 Å². The molecule has 2 atom stereocenters. The Morgan fingerprint density at radius 1 is 0.775 bits per heavy atom. The highest BCUT2D eigenvalue weighted by atomic mass is 16.5. The molecule has 4 aromatic carbocycles. The zero-order chi connectivity index (χ0) is 27.1.